The van der Waals surface area contributed by atoms with Crippen LogP contribution in [0.25, 0.3) is 21.1 Å². The number of fused-ring (bicyclic) bond motifs is 8. The molecule has 0 spiro atoms. The average Bonchev–Trinajstić information content (AvgIpc) is 3.57. The number of furan rings is 1. The maximum Gasteiger partial charge on any atom is 0.269 e. The van der Waals surface area contributed by atoms with E-state index in [1.165, 1.54) is 53.9 Å². The second kappa shape index (κ2) is 7.89. The highest BCUT2D eigenvalue weighted by Crippen LogP contribution is 2.48. The van der Waals surface area contributed by atoms with Gasteiger partial charge in [-0.15, -0.1) is 11.3 Å². The van der Waals surface area contributed by atoms with Crippen LogP contribution in [-0.2, 0) is 0 Å². The molecule has 0 radical (unpaired) electrons. The molecule has 39 heavy (non-hydrogen) atoms. The molecule has 0 aliphatic carbocycles. The van der Waals surface area contributed by atoms with Gasteiger partial charge in [0.25, 0.3) is 6.71 Å². The molecule has 0 unspecified atom stereocenters. The Hall–Kier alpha value is -4.74. The van der Waals surface area contributed by atoms with Crippen molar-refractivity contribution in [3.05, 3.63) is 127 Å². The van der Waals surface area contributed by atoms with Crippen LogP contribution in [0.1, 0.15) is 0 Å². The lowest BCUT2D eigenvalue weighted by Gasteiger charge is -2.41. The molecule has 0 amide bonds. The smallest absolute Gasteiger partial charge is 0.269 e. The number of benzene rings is 5. The van der Waals surface area contributed by atoms with Crippen molar-refractivity contribution in [2.45, 2.75) is 0 Å². The minimum atomic E-state index is 0.0715. The van der Waals surface area contributed by atoms with Crippen LogP contribution in [0.4, 0.5) is 34.3 Å². The lowest BCUT2D eigenvalue weighted by molar-refractivity contribution is 0.623. The van der Waals surface area contributed by atoms with E-state index in [1.807, 2.05) is 11.3 Å². The summed E-state index contributed by atoms with van der Waals surface area (Å²) in [5, 5.41) is 2.47. The zero-order valence-corrected chi connectivity index (χ0v) is 21.7. The van der Waals surface area contributed by atoms with Gasteiger partial charge in [0.2, 0.25) is 5.88 Å². The third-order valence-corrected chi connectivity index (χ3v) is 9.27. The van der Waals surface area contributed by atoms with E-state index in [1.54, 1.807) is 0 Å². The molecule has 2 aliphatic rings. The molecule has 5 heteroatoms. The quantitative estimate of drug-likeness (QED) is 0.219. The Kier molecular flexibility index (Phi) is 4.29. The van der Waals surface area contributed by atoms with E-state index >= 15 is 0 Å². The fraction of sp³-hybridized carbons (Fsp3) is 0. The second-order valence-corrected chi connectivity index (χ2v) is 11.2. The molecule has 4 heterocycles. The van der Waals surface area contributed by atoms with Gasteiger partial charge in [0.1, 0.15) is 5.58 Å². The van der Waals surface area contributed by atoms with Crippen molar-refractivity contribution in [2.24, 2.45) is 0 Å². The zero-order valence-electron chi connectivity index (χ0n) is 20.9. The number of hydrogen-bond acceptors (Lipinski definition) is 4. The molecule has 0 N–H and O–H groups in total. The SMILES string of the molecule is c1ccc(N2c3cccc4c3B(c3sc5ccccc5c3N4c3ccccc3)c3c2oc2ccccc32)cc1. The molecule has 5 aromatic carbocycles. The van der Waals surface area contributed by atoms with Gasteiger partial charge in [0.15, 0.2) is 0 Å². The van der Waals surface area contributed by atoms with Crippen molar-refractivity contribution in [2.75, 3.05) is 9.80 Å². The molecule has 0 saturated carbocycles. The summed E-state index contributed by atoms with van der Waals surface area (Å²) < 4.78 is 9.39. The lowest BCUT2D eigenvalue weighted by atomic mass is 9.36. The predicted molar refractivity (Wildman–Crippen MR) is 166 cm³/mol. The molecule has 2 aliphatic heterocycles. The molecule has 0 fully saturated rings. The summed E-state index contributed by atoms with van der Waals surface area (Å²) in [5.41, 5.74) is 9.42. The van der Waals surface area contributed by atoms with Crippen LogP contribution in [0.15, 0.2) is 132 Å². The van der Waals surface area contributed by atoms with Gasteiger partial charge in [-0.1, -0.05) is 78.9 Å². The standard InChI is InChI=1S/C34H21BN2OS/c1-3-12-22(13-4-1)36-26-18-11-19-27-31(26)35(33-32(36)25-17-8-10-21-29(25)39-33)30-24-16-7-9-20-28(24)38-34(30)37(27)23-14-5-2-6-15-23/h1-21H. The molecule has 2 aromatic heterocycles. The van der Waals surface area contributed by atoms with E-state index in [0.29, 0.717) is 0 Å². The monoisotopic (exact) mass is 516 g/mol. The third kappa shape index (κ3) is 2.83. The molecular weight excluding hydrogens is 495 g/mol. The fourth-order valence-electron chi connectivity index (χ4n) is 6.52. The fourth-order valence-corrected chi connectivity index (χ4v) is 7.83. The van der Waals surface area contributed by atoms with Crippen molar-refractivity contribution >= 4 is 89.1 Å². The van der Waals surface area contributed by atoms with Crippen molar-refractivity contribution in [3.63, 3.8) is 0 Å². The number of thiophene rings is 1. The zero-order chi connectivity index (χ0) is 25.5. The van der Waals surface area contributed by atoms with E-state index in [-0.39, 0.29) is 6.71 Å². The Morgan fingerprint density at radius 2 is 1.15 bits per heavy atom. The van der Waals surface area contributed by atoms with Gasteiger partial charge in [0.05, 0.1) is 5.69 Å². The third-order valence-electron chi connectivity index (χ3n) is 8.05. The van der Waals surface area contributed by atoms with E-state index < -0.39 is 0 Å². The first-order valence-electron chi connectivity index (χ1n) is 13.2. The molecule has 0 atom stereocenters. The number of rotatable bonds is 2. The van der Waals surface area contributed by atoms with E-state index in [0.717, 1.165) is 17.2 Å². The van der Waals surface area contributed by atoms with Gasteiger partial charge >= 0.3 is 0 Å². The number of hydrogen-bond donors (Lipinski definition) is 0. The van der Waals surface area contributed by atoms with E-state index in [4.69, 9.17) is 4.42 Å². The maximum absolute atomic E-state index is 6.73. The number of nitrogens with zero attached hydrogens (tertiary/aromatic N) is 2. The van der Waals surface area contributed by atoms with Gasteiger partial charge in [-0.3, -0.25) is 4.90 Å². The van der Waals surface area contributed by atoms with Gasteiger partial charge in [0, 0.05) is 48.5 Å². The maximum atomic E-state index is 6.73. The van der Waals surface area contributed by atoms with Crippen LogP contribution in [0.2, 0.25) is 0 Å². The first-order chi connectivity index (χ1) is 19.4. The van der Waals surface area contributed by atoms with Crippen molar-refractivity contribution in [1.29, 1.82) is 0 Å². The van der Waals surface area contributed by atoms with Crippen molar-refractivity contribution in [3.8, 4) is 0 Å². The Morgan fingerprint density at radius 1 is 0.538 bits per heavy atom. The first kappa shape index (κ1) is 21.2. The van der Waals surface area contributed by atoms with Crippen molar-refractivity contribution in [1.82, 2.24) is 0 Å². The normalized spacial score (nSPS) is 13.5. The van der Waals surface area contributed by atoms with Crippen LogP contribution in [0, 0.1) is 0 Å². The average molecular weight is 516 g/mol. The number of para-hydroxylation sites is 3. The van der Waals surface area contributed by atoms with Gasteiger partial charge in [-0.05, 0) is 54.0 Å². The molecule has 7 aromatic rings. The molecular formula is C34H21BN2OS. The summed E-state index contributed by atoms with van der Waals surface area (Å²) in [7, 11) is 0. The molecule has 3 nitrogen and oxygen atoms in total. The minimum Gasteiger partial charge on any atom is -0.440 e. The van der Waals surface area contributed by atoms with Gasteiger partial charge in [-0.25, -0.2) is 0 Å². The molecule has 9 rings (SSSR count). The Labute approximate surface area is 230 Å². The summed E-state index contributed by atoms with van der Waals surface area (Å²) >= 11 is 1.91. The van der Waals surface area contributed by atoms with Crippen LogP contribution < -0.4 is 25.5 Å². The summed E-state index contributed by atoms with van der Waals surface area (Å²) in [6.45, 7) is 0.0715. The summed E-state index contributed by atoms with van der Waals surface area (Å²) in [6.07, 6.45) is 0. The molecule has 182 valence electrons. The lowest BCUT2D eigenvalue weighted by Crippen LogP contribution is -2.60. The highest BCUT2D eigenvalue weighted by atomic mass is 32.1. The minimum absolute atomic E-state index is 0.0715. The largest absolute Gasteiger partial charge is 0.440 e. The Balaban J connectivity index is 1.46. The highest BCUT2D eigenvalue weighted by molar-refractivity contribution is 7.34. The van der Waals surface area contributed by atoms with E-state index in [9.17, 15) is 0 Å². The van der Waals surface area contributed by atoms with Crippen LogP contribution in [-0.4, -0.2) is 6.71 Å². The van der Waals surface area contributed by atoms with Gasteiger partial charge < -0.3 is 9.32 Å². The molecule has 0 bridgehead atoms. The number of anilines is 6. The Morgan fingerprint density at radius 3 is 1.92 bits per heavy atom. The topological polar surface area (TPSA) is 19.6 Å². The summed E-state index contributed by atoms with van der Waals surface area (Å²) in [5.74, 6) is 0.911. The van der Waals surface area contributed by atoms with Gasteiger partial charge in [-0.2, -0.15) is 0 Å². The summed E-state index contributed by atoms with van der Waals surface area (Å²) in [6, 6.07) is 45.4. The molecule has 0 saturated heterocycles. The highest BCUT2D eigenvalue weighted by Gasteiger charge is 2.47. The summed E-state index contributed by atoms with van der Waals surface area (Å²) in [4.78, 5) is 4.78. The van der Waals surface area contributed by atoms with Crippen molar-refractivity contribution < 1.29 is 4.42 Å². The predicted octanol–water partition coefficient (Wildman–Crippen LogP) is 7.73. The van der Waals surface area contributed by atoms with Crippen LogP contribution >= 0.6 is 11.3 Å². The van der Waals surface area contributed by atoms with Crippen LogP contribution in [0.5, 0.6) is 0 Å². The van der Waals surface area contributed by atoms with E-state index in [2.05, 4.69) is 137 Å². The Bertz CT molecular complexity index is 2050. The van der Waals surface area contributed by atoms with Crippen LogP contribution in [0.3, 0.4) is 0 Å². The first-order valence-corrected chi connectivity index (χ1v) is 14.1. The second-order valence-electron chi connectivity index (χ2n) is 10.1.